The van der Waals surface area contributed by atoms with Gasteiger partial charge in [-0.25, -0.2) is 0 Å². The Labute approximate surface area is 136 Å². The molecule has 5 nitrogen and oxygen atoms in total. The summed E-state index contributed by atoms with van der Waals surface area (Å²) in [6.45, 7) is 3.12. The molecule has 1 fully saturated rings. The molecule has 1 N–H and O–H groups in total. The molecule has 0 radical (unpaired) electrons. The van der Waals surface area contributed by atoms with Gasteiger partial charge in [0.25, 0.3) is 0 Å². The molecule has 0 unspecified atom stereocenters. The van der Waals surface area contributed by atoms with Gasteiger partial charge < -0.3 is 23.0 Å². The van der Waals surface area contributed by atoms with Crippen LogP contribution in [0, 0.1) is 0 Å². The number of nitrogens with one attached hydrogen (secondary N) is 1. The van der Waals surface area contributed by atoms with Gasteiger partial charge in [0.2, 0.25) is 0 Å². The van der Waals surface area contributed by atoms with E-state index in [2.05, 4.69) is 18.3 Å². The van der Waals surface area contributed by atoms with Crippen LogP contribution in [0.25, 0.3) is 0 Å². The van der Waals surface area contributed by atoms with Crippen LogP contribution >= 0.6 is 0 Å². The molecule has 0 saturated heterocycles. The minimum Gasteiger partial charge on any atom is -0.484 e. The van der Waals surface area contributed by atoms with Crippen molar-refractivity contribution in [2.75, 3.05) is 27.9 Å². The van der Waals surface area contributed by atoms with E-state index in [-0.39, 0.29) is 0 Å². The van der Waals surface area contributed by atoms with Gasteiger partial charge >= 0.3 is 9.05 Å². The Morgan fingerprint density at radius 1 is 1.09 bits per heavy atom. The van der Waals surface area contributed by atoms with E-state index in [0.29, 0.717) is 6.04 Å². The third-order valence-corrected chi connectivity index (χ3v) is 6.07. The Bertz CT molecular complexity index is 307. The van der Waals surface area contributed by atoms with E-state index >= 15 is 0 Å². The summed E-state index contributed by atoms with van der Waals surface area (Å²) in [6.07, 6.45) is 11.7. The van der Waals surface area contributed by atoms with E-state index in [9.17, 15) is 0 Å². The lowest BCUT2D eigenvalue weighted by molar-refractivity contribution is 0.0251. The van der Waals surface area contributed by atoms with Crippen LogP contribution in [-0.4, -0.2) is 43.0 Å². The van der Waals surface area contributed by atoms with E-state index < -0.39 is 9.05 Å². The molecule has 0 atom stereocenters. The van der Waals surface area contributed by atoms with Gasteiger partial charge in [-0.3, -0.25) is 0 Å². The largest absolute Gasteiger partial charge is 0.748 e. The van der Waals surface area contributed by atoms with Crippen LogP contribution in [0.5, 0.6) is 0 Å². The van der Waals surface area contributed by atoms with Crippen LogP contribution in [0.4, 0.5) is 0 Å². The molecule has 1 aliphatic carbocycles. The fraction of sp³-hybridized carbons (Fsp3) is 0.875. The highest BCUT2D eigenvalue weighted by atomic mass is 28.4. The molecule has 1 rings (SSSR count). The monoisotopic (exact) mass is 331 g/mol. The predicted octanol–water partition coefficient (Wildman–Crippen LogP) is 3.37. The van der Waals surface area contributed by atoms with Gasteiger partial charge in [-0.1, -0.05) is 26.2 Å². The molecular formula is C16H33NO4Si. The van der Waals surface area contributed by atoms with Gasteiger partial charge in [0.05, 0.1) is 5.76 Å². The maximum Gasteiger partial charge on any atom is 0.748 e. The van der Waals surface area contributed by atoms with E-state index in [1.165, 1.54) is 32.1 Å². The van der Waals surface area contributed by atoms with Gasteiger partial charge in [-0.15, -0.1) is 0 Å². The maximum absolute atomic E-state index is 5.92. The lowest BCUT2D eigenvalue weighted by Crippen LogP contribution is -2.46. The minimum absolute atomic E-state index is 0.697. The first kappa shape index (κ1) is 19.6. The van der Waals surface area contributed by atoms with E-state index in [1.807, 2.05) is 0 Å². The molecule has 0 aromatic rings. The summed E-state index contributed by atoms with van der Waals surface area (Å²) in [5.41, 5.74) is 0. The first-order valence-corrected chi connectivity index (χ1v) is 10.1. The van der Waals surface area contributed by atoms with Crippen molar-refractivity contribution >= 4 is 9.05 Å². The molecule has 1 aliphatic rings. The molecule has 0 aromatic heterocycles. The molecule has 0 aromatic carbocycles. The highest BCUT2D eigenvalue weighted by Crippen LogP contribution is 2.19. The second kappa shape index (κ2) is 11.2. The van der Waals surface area contributed by atoms with Crippen LogP contribution in [0.2, 0.25) is 0 Å². The predicted molar refractivity (Wildman–Crippen MR) is 90.3 cm³/mol. The Morgan fingerprint density at radius 3 is 2.27 bits per heavy atom. The van der Waals surface area contributed by atoms with Crippen molar-refractivity contribution in [3.8, 4) is 0 Å². The van der Waals surface area contributed by atoms with Gasteiger partial charge in [-0.2, -0.15) is 0 Å². The minimum atomic E-state index is -3.00. The number of rotatable bonds is 11. The highest BCUT2D eigenvalue weighted by molar-refractivity contribution is 6.53. The van der Waals surface area contributed by atoms with Crippen molar-refractivity contribution < 1.29 is 17.7 Å². The molecule has 1 saturated carbocycles. The van der Waals surface area contributed by atoms with Crippen LogP contribution in [0.1, 0.15) is 58.3 Å². The standard InChI is InChI=1S/C16H33NO4Si/c1-5-10-16(21-22(18-2,19-3)20-4)13-9-14-17-15-11-7-6-8-12-15/h13,15,17H,5-12,14H2,1-4H3. The Kier molecular flexibility index (Phi) is 9.98. The fourth-order valence-electron chi connectivity index (χ4n) is 2.80. The molecule has 0 heterocycles. The van der Waals surface area contributed by atoms with Crippen molar-refractivity contribution in [1.82, 2.24) is 5.32 Å². The van der Waals surface area contributed by atoms with Crippen molar-refractivity contribution in [2.24, 2.45) is 0 Å². The molecule has 0 aliphatic heterocycles. The number of hydrogen-bond donors (Lipinski definition) is 1. The normalized spacial score (nSPS) is 17.7. The third-order valence-electron chi connectivity index (χ3n) is 4.06. The van der Waals surface area contributed by atoms with Gasteiger partial charge in [0.15, 0.2) is 0 Å². The molecule has 0 bridgehead atoms. The lowest BCUT2D eigenvalue weighted by atomic mass is 9.95. The zero-order chi connectivity index (χ0) is 16.3. The molecule has 6 heteroatoms. The molecule has 22 heavy (non-hydrogen) atoms. The zero-order valence-corrected chi connectivity index (χ0v) is 15.7. The van der Waals surface area contributed by atoms with Gasteiger partial charge in [0.1, 0.15) is 0 Å². The Hall–Kier alpha value is -0.403. The van der Waals surface area contributed by atoms with Crippen molar-refractivity contribution in [3.63, 3.8) is 0 Å². The third kappa shape index (κ3) is 6.79. The van der Waals surface area contributed by atoms with Crippen LogP contribution in [0.15, 0.2) is 11.8 Å². The Morgan fingerprint density at radius 2 is 1.73 bits per heavy atom. The Balaban J connectivity index is 2.43. The van der Waals surface area contributed by atoms with Gasteiger partial charge in [0, 0.05) is 33.8 Å². The van der Waals surface area contributed by atoms with Crippen LogP contribution < -0.4 is 5.32 Å². The van der Waals surface area contributed by atoms with E-state index in [4.69, 9.17) is 17.7 Å². The van der Waals surface area contributed by atoms with E-state index in [1.54, 1.807) is 21.3 Å². The van der Waals surface area contributed by atoms with Gasteiger partial charge in [-0.05, 0) is 38.3 Å². The average molecular weight is 332 g/mol. The number of hydrogen-bond acceptors (Lipinski definition) is 5. The molecular weight excluding hydrogens is 298 g/mol. The quantitative estimate of drug-likeness (QED) is 0.357. The maximum atomic E-state index is 5.92. The smallest absolute Gasteiger partial charge is 0.484 e. The van der Waals surface area contributed by atoms with Crippen molar-refractivity contribution in [3.05, 3.63) is 11.8 Å². The number of allylic oxidation sites excluding steroid dienone is 1. The summed E-state index contributed by atoms with van der Waals surface area (Å²) >= 11 is 0. The highest BCUT2D eigenvalue weighted by Gasteiger charge is 2.45. The van der Waals surface area contributed by atoms with Crippen molar-refractivity contribution in [1.29, 1.82) is 0 Å². The summed E-state index contributed by atoms with van der Waals surface area (Å²) < 4.78 is 21.9. The summed E-state index contributed by atoms with van der Waals surface area (Å²) in [5.74, 6) is 0.908. The summed E-state index contributed by atoms with van der Waals surface area (Å²) in [6, 6.07) is 0.697. The molecule has 0 spiro atoms. The summed E-state index contributed by atoms with van der Waals surface area (Å²) in [4.78, 5) is 0. The summed E-state index contributed by atoms with van der Waals surface area (Å²) in [7, 11) is 1.69. The van der Waals surface area contributed by atoms with E-state index in [0.717, 1.165) is 31.6 Å². The lowest BCUT2D eigenvalue weighted by Gasteiger charge is -2.25. The zero-order valence-electron chi connectivity index (χ0n) is 14.7. The van der Waals surface area contributed by atoms with Crippen molar-refractivity contribution in [2.45, 2.75) is 64.3 Å². The molecule has 0 amide bonds. The first-order valence-electron chi connectivity index (χ1n) is 8.46. The second-order valence-electron chi connectivity index (χ2n) is 5.71. The molecule has 130 valence electrons. The summed E-state index contributed by atoms with van der Waals surface area (Å²) in [5, 5.41) is 3.64. The topological polar surface area (TPSA) is 49.0 Å². The van der Waals surface area contributed by atoms with Crippen LogP contribution in [-0.2, 0) is 17.7 Å². The van der Waals surface area contributed by atoms with Crippen LogP contribution in [0.3, 0.4) is 0 Å². The first-order chi connectivity index (χ1) is 10.7. The average Bonchev–Trinajstić information content (AvgIpc) is 2.57. The second-order valence-corrected chi connectivity index (χ2v) is 8.14. The fourth-order valence-corrected chi connectivity index (χ4v) is 4.06. The SMILES string of the molecule is CCCC(=CCCNC1CCCCC1)O[Si](OC)(OC)OC.